The first kappa shape index (κ1) is 13.3. The number of H-pyrrole nitrogens is 2. The topological polar surface area (TPSA) is 69.4 Å². The number of anilines is 2. The van der Waals surface area contributed by atoms with Crippen molar-refractivity contribution in [1.82, 2.24) is 20.2 Å². The number of fused-ring (bicyclic) bond motifs is 1. The summed E-state index contributed by atoms with van der Waals surface area (Å²) in [7, 11) is 0. The molecule has 5 nitrogen and oxygen atoms in total. The summed E-state index contributed by atoms with van der Waals surface area (Å²) in [5.41, 5.74) is 4.12. The highest BCUT2D eigenvalue weighted by Gasteiger charge is 2.06. The number of halogens is 1. The molecule has 0 aliphatic carbocycles. The average molecular weight is 401 g/mol. The van der Waals surface area contributed by atoms with Crippen LogP contribution < -0.4 is 5.32 Å². The summed E-state index contributed by atoms with van der Waals surface area (Å²) in [6.07, 6.45) is 5.53. The van der Waals surface area contributed by atoms with Crippen molar-refractivity contribution in [3.8, 4) is 11.3 Å². The molecule has 0 saturated heterocycles. The third-order valence-electron chi connectivity index (χ3n) is 3.41. The fourth-order valence-corrected chi connectivity index (χ4v) is 2.91. The van der Waals surface area contributed by atoms with Crippen molar-refractivity contribution >= 4 is 45.0 Å². The second-order valence-electron chi connectivity index (χ2n) is 4.96. The van der Waals surface area contributed by atoms with Crippen molar-refractivity contribution in [3.05, 3.63) is 58.6 Å². The number of hydrogen-bond donors (Lipinski definition) is 3. The average Bonchev–Trinajstić information content (AvgIpc) is 3.16. The molecule has 0 spiro atoms. The van der Waals surface area contributed by atoms with Crippen LogP contribution in [0.15, 0.2) is 55.0 Å². The highest BCUT2D eigenvalue weighted by atomic mass is 127. The fraction of sp³-hybridized carbons (Fsp3) is 0. The highest BCUT2D eigenvalue weighted by molar-refractivity contribution is 14.1. The van der Waals surface area contributed by atoms with E-state index < -0.39 is 0 Å². The predicted octanol–water partition coefficient (Wildman–Crippen LogP) is 4.30. The Morgan fingerprint density at radius 2 is 2.05 bits per heavy atom. The van der Waals surface area contributed by atoms with E-state index in [0.29, 0.717) is 0 Å². The summed E-state index contributed by atoms with van der Waals surface area (Å²) in [5.74, 6) is 0.815. The molecular formula is C16H12IN5. The van der Waals surface area contributed by atoms with Crippen LogP contribution in [0, 0.1) is 3.57 Å². The first-order valence-corrected chi connectivity index (χ1v) is 7.86. The van der Waals surface area contributed by atoms with Gasteiger partial charge in [-0.25, -0.2) is 4.98 Å². The van der Waals surface area contributed by atoms with Crippen LogP contribution in [0.4, 0.5) is 11.5 Å². The van der Waals surface area contributed by atoms with Crippen LogP contribution in [0.2, 0.25) is 0 Å². The van der Waals surface area contributed by atoms with Gasteiger partial charge in [-0.1, -0.05) is 6.07 Å². The summed E-state index contributed by atoms with van der Waals surface area (Å²) in [6, 6.07) is 12.3. The molecule has 0 bridgehead atoms. The van der Waals surface area contributed by atoms with E-state index in [1.54, 1.807) is 6.20 Å². The maximum absolute atomic E-state index is 4.47. The van der Waals surface area contributed by atoms with Crippen molar-refractivity contribution in [2.45, 2.75) is 0 Å². The zero-order chi connectivity index (χ0) is 14.9. The van der Waals surface area contributed by atoms with Crippen LogP contribution in [0.5, 0.6) is 0 Å². The maximum Gasteiger partial charge on any atom is 0.132 e. The van der Waals surface area contributed by atoms with Crippen LogP contribution >= 0.6 is 22.6 Å². The van der Waals surface area contributed by atoms with Gasteiger partial charge in [-0.05, 0) is 46.9 Å². The molecule has 6 heteroatoms. The number of nitrogens with zero attached hydrogens (tertiary/aromatic N) is 2. The van der Waals surface area contributed by atoms with E-state index in [1.165, 1.54) is 3.57 Å². The Morgan fingerprint density at radius 3 is 2.86 bits per heavy atom. The molecule has 22 heavy (non-hydrogen) atoms. The van der Waals surface area contributed by atoms with Gasteiger partial charge < -0.3 is 10.3 Å². The standard InChI is InChI=1S/C16H12IN5/c17-12-2-1-3-13(5-12)21-16-6-15-10(7-18-16)4-14(22-15)11-8-19-20-9-11/h1-9,22H,(H,18,21)(H,19,20). The van der Waals surface area contributed by atoms with Gasteiger partial charge in [-0.3, -0.25) is 5.10 Å². The van der Waals surface area contributed by atoms with Crippen LogP contribution in [-0.2, 0) is 0 Å². The Hall–Kier alpha value is -2.35. The molecule has 0 aliphatic rings. The Labute approximate surface area is 140 Å². The summed E-state index contributed by atoms with van der Waals surface area (Å²) < 4.78 is 1.19. The van der Waals surface area contributed by atoms with Gasteiger partial charge in [-0.15, -0.1) is 0 Å². The molecule has 0 amide bonds. The second kappa shape index (κ2) is 5.45. The lowest BCUT2D eigenvalue weighted by Gasteiger charge is -2.05. The lowest BCUT2D eigenvalue weighted by molar-refractivity contribution is 1.09. The largest absolute Gasteiger partial charge is 0.354 e. The second-order valence-corrected chi connectivity index (χ2v) is 6.21. The number of hydrogen-bond acceptors (Lipinski definition) is 3. The van der Waals surface area contributed by atoms with Gasteiger partial charge in [0.25, 0.3) is 0 Å². The summed E-state index contributed by atoms with van der Waals surface area (Å²) in [6.45, 7) is 0. The van der Waals surface area contributed by atoms with E-state index in [1.807, 2.05) is 30.6 Å². The molecule has 4 aromatic rings. The van der Waals surface area contributed by atoms with Gasteiger partial charge in [0.1, 0.15) is 5.82 Å². The molecule has 0 aliphatic heterocycles. The normalized spacial score (nSPS) is 11.0. The molecule has 3 aromatic heterocycles. The quantitative estimate of drug-likeness (QED) is 0.449. The molecule has 0 unspecified atom stereocenters. The molecule has 0 fully saturated rings. The minimum atomic E-state index is 0.815. The van der Waals surface area contributed by atoms with Crippen LogP contribution in [0.1, 0.15) is 0 Å². The highest BCUT2D eigenvalue weighted by Crippen LogP contribution is 2.25. The minimum Gasteiger partial charge on any atom is -0.354 e. The molecule has 3 N–H and O–H groups in total. The Bertz CT molecular complexity index is 927. The summed E-state index contributed by atoms with van der Waals surface area (Å²) >= 11 is 2.30. The minimum absolute atomic E-state index is 0.815. The fourth-order valence-electron chi connectivity index (χ4n) is 2.36. The van der Waals surface area contributed by atoms with E-state index in [4.69, 9.17) is 0 Å². The number of aromatic amines is 2. The Kier molecular flexibility index (Phi) is 3.30. The number of benzene rings is 1. The number of pyridine rings is 1. The van der Waals surface area contributed by atoms with E-state index in [2.05, 4.69) is 66.3 Å². The van der Waals surface area contributed by atoms with Crippen LogP contribution in [-0.4, -0.2) is 20.2 Å². The number of aromatic nitrogens is 4. The zero-order valence-electron chi connectivity index (χ0n) is 11.5. The van der Waals surface area contributed by atoms with Crippen molar-refractivity contribution in [1.29, 1.82) is 0 Å². The Balaban J connectivity index is 1.68. The van der Waals surface area contributed by atoms with Gasteiger partial charge in [0.2, 0.25) is 0 Å². The molecule has 0 saturated carbocycles. The van der Waals surface area contributed by atoms with E-state index in [9.17, 15) is 0 Å². The lowest BCUT2D eigenvalue weighted by Crippen LogP contribution is -1.93. The number of rotatable bonds is 3. The SMILES string of the molecule is Ic1cccc(Nc2cc3[nH]c(-c4cn[nH]c4)cc3cn2)c1. The molecule has 108 valence electrons. The first-order valence-electron chi connectivity index (χ1n) is 6.78. The van der Waals surface area contributed by atoms with Gasteiger partial charge in [0, 0.05) is 44.4 Å². The molecule has 4 rings (SSSR count). The molecule has 1 aromatic carbocycles. The molecule has 0 atom stereocenters. The van der Waals surface area contributed by atoms with Gasteiger partial charge >= 0.3 is 0 Å². The van der Waals surface area contributed by atoms with Crippen LogP contribution in [0.3, 0.4) is 0 Å². The summed E-state index contributed by atoms with van der Waals surface area (Å²) in [4.78, 5) is 7.86. The number of nitrogens with one attached hydrogen (secondary N) is 3. The maximum atomic E-state index is 4.47. The smallest absolute Gasteiger partial charge is 0.132 e. The van der Waals surface area contributed by atoms with Gasteiger partial charge in [-0.2, -0.15) is 5.10 Å². The third kappa shape index (κ3) is 2.57. The zero-order valence-corrected chi connectivity index (χ0v) is 13.6. The lowest BCUT2D eigenvalue weighted by atomic mass is 10.2. The van der Waals surface area contributed by atoms with Crippen molar-refractivity contribution in [3.63, 3.8) is 0 Å². The predicted molar refractivity (Wildman–Crippen MR) is 96.1 cm³/mol. The summed E-state index contributed by atoms with van der Waals surface area (Å²) in [5, 5.41) is 11.2. The van der Waals surface area contributed by atoms with Gasteiger partial charge in [0.05, 0.1) is 11.7 Å². The van der Waals surface area contributed by atoms with Crippen molar-refractivity contribution in [2.24, 2.45) is 0 Å². The van der Waals surface area contributed by atoms with Crippen molar-refractivity contribution < 1.29 is 0 Å². The molecule has 3 heterocycles. The monoisotopic (exact) mass is 401 g/mol. The molecule has 0 radical (unpaired) electrons. The third-order valence-corrected chi connectivity index (χ3v) is 4.08. The van der Waals surface area contributed by atoms with E-state index >= 15 is 0 Å². The van der Waals surface area contributed by atoms with Gasteiger partial charge in [0.15, 0.2) is 0 Å². The van der Waals surface area contributed by atoms with Crippen molar-refractivity contribution in [2.75, 3.05) is 5.32 Å². The molecular weight excluding hydrogens is 389 g/mol. The van der Waals surface area contributed by atoms with Crippen LogP contribution in [0.25, 0.3) is 22.2 Å². The Morgan fingerprint density at radius 1 is 1.09 bits per heavy atom. The van der Waals surface area contributed by atoms with E-state index in [0.717, 1.165) is 33.7 Å². The van der Waals surface area contributed by atoms with E-state index in [-0.39, 0.29) is 0 Å². The first-order chi connectivity index (χ1) is 10.8.